The molecule has 0 unspecified atom stereocenters. The first-order valence-electron chi connectivity index (χ1n) is 8.83. The van der Waals surface area contributed by atoms with Crippen LogP contribution >= 0.6 is 15.9 Å². The number of hydrazone groups is 1. The number of rotatable bonds is 5. The Hall–Kier alpha value is -3.00. The van der Waals surface area contributed by atoms with Gasteiger partial charge in [-0.05, 0) is 29.8 Å². The average Bonchev–Trinajstić information content (AvgIpc) is 3.30. The summed E-state index contributed by atoms with van der Waals surface area (Å²) in [4.78, 5) is 31.5. The lowest BCUT2D eigenvalue weighted by Gasteiger charge is -2.19. The summed E-state index contributed by atoms with van der Waals surface area (Å²) in [6.45, 7) is 0. The van der Waals surface area contributed by atoms with Gasteiger partial charge in [0.15, 0.2) is 0 Å². The molecule has 1 aromatic heterocycles. The smallest absolute Gasteiger partial charge is 0.303 e. The SMILES string of the molecule is O=C(O)CCC(=O)N1N=C(c2cccc(Br)c2)C[C@@H]1c1nc2ccccc2[nH]1. The van der Waals surface area contributed by atoms with Crippen LogP contribution in [0.3, 0.4) is 0 Å². The third-order valence-corrected chi connectivity index (χ3v) is 5.09. The van der Waals surface area contributed by atoms with Gasteiger partial charge in [-0.3, -0.25) is 9.59 Å². The highest BCUT2D eigenvalue weighted by atomic mass is 79.9. The van der Waals surface area contributed by atoms with E-state index in [0.717, 1.165) is 26.8 Å². The molecule has 2 heterocycles. The monoisotopic (exact) mass is 440 g/mol. The van der Waals surface area contributed by atoms with Crippen LogP contribution in [0, 0.1) is 0 Å². The van der Waals surface area contributed by atoms with Gasteiger partial charge in [0.2, 0.25) is 5.91 Å². The fourth-order valence-electron chi connectivity index (χ4n) is 3.25. The molecule has 0 spiro atoms. The Balaban J connectivity index is 1.69. The van der Waals surface area contributed by atoms with Crippen molar-refractivity contribution in [2.45, 2.75) is 25.3 Å². The number of carboxylic acids is 1. The molecule has 2 N–H and O–H groups in total. The largest absolute Gasteiger partial charge is 0.481 e. The number of carbonyl (C=O) groups is 2. The summed E-state index contributed by atoms with van der Waals surface area (Å²) in [5, 5.41) is 14.8. The fourth-order valence-corrected chi connectivity index (χ4v) is 3.65. The summed E-state index contributed by atoms with van der Waals surface area (Å²) in [5.41, 5.74) is 3.36. The molecule has 0 saturated carbocycles. The number of carboxylic acid groups (broad SMARTS) is 1. The van der Waals surface area contributed by atoms with Gasteiger partial charge in [-0.1, -0.05) is 40.2 Å². The second kappa shape index (κ2) is 7.55. The van der Waals surface area contributed by atoms with Crippen LogP contribution in [0.2, 0.25) is 0 Å². The minimum Gasteiger partial charge on any atom is -0.481 e. The second-order valence-corrected chi connectivity index (χ2v) is 7.46. The molecule has 1 amide bonds. The van der Waals surface area contributed by atoms with Gasteiger partial charge in [0.1, 0.15) is 11.9 Å². The number of para-hydroxylation sites is 2. The third-order valence-electron chi connectivity index (χ3n) is 4.60. The van der Waals surface area contributed by atoms with Crippen LogP contribution in [-0.2, 0) is 9.59 Å². The molecule has 0 aliphatic carbocycles. The maximum atomic E-state index is 12.7. The van der Waals surface area contributed by atoms with Gasteiger partial charge in [0, 0.05) is 17.3 Å². The number of carbonyl (C=O) groups excluding carboxylic acids is 1. The molecule has 1 aliphatic rings. The number of fused-ring (bicyclic) bond motifs is 1. The molecule has 1 aliphatic heterocycles. The summed E-state index contributed by atoms with van der Waals surface area (Å²) in [6.07, 6.45) is 0.153. The number of hydrogen-bond acceptors (Lipinski definition) is 4. The van der Waals surface area contributed by atoms with Crippen molar-refractivity contribution in [2.24, 2.45) is 5.10 Å². The molecule has 2 aromatic carbocycles. The summed E-state index contributed by atoms with van der Waals surface area (Å²) in [7, 11) is 0. The number of hydrogen-bond donors (Lipinski definition) is 2. The van der Waals surface area contributed by atoms with Crippen molar-refractivity contribution in [3.05, 3.63) is 64.4 Å². The first kappa shape index (κ1) is 18.4. The number of benzene rings is 2. The number of amides is 1. The van der Waals surface area contributed by atoms with Crippen LogP contribution in [0.4, 0.5) is 0 Å². The number of halogens is 1. The van der Waals surface area contributed by atoms with Crippen molar-refractivity contribution in [1.29, 1.82) is 0 Å². The fraction of sp³-hybridized carbons (Fsp3) is 0.200. The third kappa shape index (κ3) is 3.68. The van der Waals surface area contributed by atoms with Crippen LogP contribution in [0.15, 0.2) is 58.1 Å². The number of aromatic amines is 1. The van der Waals surface area contributed by atoms with Crippen molar-refractivity contribution in [1.82, 2.24) is 15.0 Å². The zero-order valence-corrected chi connectivity index (χ0v) is 16.4. The van der Waals surface area contributed by atoms with Crippen LogP contribution in [0.5, 0.6) is 0 Å². The standard InChI is InChI=1S/C20H17BrN4O3/c21-13-5-3-4-12(10-13)16-11-17(25(24-16)18(26)8-9-19(27)28)20-22-14-6-1-2-7-15(14)23-20/h1-7,10,17H,8-9,11H2,(H,22,23)(H,27,28)/t17-/m1/s1. The molecule has 7 nitrogen and oxygen atoms in total. The van der Waals surface area contributed by atoms with Gasteiger partial charge in [-0.25, -0.2) is 9.99 Å². The van der Waals surface area contributed by atoms with Crippen molar-refractivity contribution in [3.63, 3.8) is 0 Å². The van der Waals surface area contributed by atoms with E-state index in [0.29, 0.717) is 12.2 Å². The lowest BCUT2D eigenvalue weighted by molar-refractivity contribution is -0.141. The minimum absolute atomic E-state index is 0.110. The van der Waals surface area contributed by atoms with Gasteiger partial charge >= 0.3 is 5.97 Å². The maximum absolute atomic E-state index is 12.7. The summed E-state index contributed by atoms with van der Waals surface area (Å²) < 4.78 is 0.920. The van der Waals surface area contributed by atoms with Gasteiger partial charge < -0.3 is 10.1 Å². The van der Waals surface area contributed by atoms with Crippen molar-refractivity contribution in [3.8, 4) is 0 Å². The van der Waals surface area contributed by atoms with E-state index in [1.54, 1.807) is 0 Å². The normalized spacial score (nSPS) is 16.4. The first-order valence-corrected chi connectivity index (χ1v) is 9.62. The molecule has 0 fully saturated rings. The van der Waals surface area contributed by atoms with Crippen molar-refractivity contribution >= 4 is 44.6 Å². The Morgan fingerprint density at radius 3 is 2.75 bits per heavy atom. The van der Waals surface area contributed by atoms with Crippen LogP contribution < -0.4 is 0 Å². The lowest BCUT2D eigenvalue weighted by Crippen LogP contribution is -2.28. The number of H-pyrrole nitrogens is 1. The number of nitrogens with zero attached hydrogens (tertiary/aromatic N) is 3. The first-order chi connectivity index (χ1) is 13.5. The van der Waals surface area contributed by atoms with E-state index in [1.807, 2.05) is 48.5 Å². The molecule has 142 valence electrons. The average molecular weight is 441 g/mol. The van der Waals surface area contributed by atoms with E-state index in [1.165, 1.54) is 5.01 Å². The number of imidazole rings is 1. The Bertz CT molecular complexity index is 1060. The number of aliphatic carboxylic acids is 1. The zero-order chi connectivity index (χ0) is 19.7. The van der Waals surface area contributed by atoms with E-state index in [4.69, 9.17) is 5.11 Å². The maximum Gasteiger partial charge on any atom is 0.303 e. The second-order valence-electron chi connectivity index (χ2n) is 6.55. The zero-order valence-electron chi connectivity index (χ0n) is 14.8. The highest BCUT2D eigenvalue weighted by Crippen LogP contribution is 2.33. The van der Waals surface area contributed by atoms with Crippen molar-refractivity contribution in [2.75, 3.05) is 0 Å². The highest BCUT2D eigenvalue weighted by Gasteiger charge is 2.35. The molecule has 8 heteroatoms. The molecular weight excluding hydrogens is 424 g/mol. The van der Waals surface area contributed by atoms with Gasteiger partial charge in [0.25, 0.3) is 0 Å². The quantitative estimate of drug-likeness (QED) is 0.628. The Labute approximate surface area is 169 Å². The molecule has 28 heavy (non-hydrogen) atoms. The molecule has 0 bridgehead atoms. The molecule has 0 saturated heterocycles. The van der Waals surface area contributed by atoms with Crippen LogP contribution in [0.1, 0.15) is 36.7 Å². The van der Waals surface area contributed by atoms with Crippen molar-refractivity contribution < 1.29 is 14.7 Å². The van der Waals surface area contributed by atoms with Gasteiger partial charge in [-0.2, -0.15) is 5.10 Å². The van der Waals surface area contributed by atoms with Gasteiger partial charge in [0.05, 0.1) is 23.2 Å². The van der Waals surface area contributed by atoms with Crippen LogP contribution in [0.25, 0.3) is 11.0 Å². The molecule has 4 rings (SSSR count). The Morgan fingerprint density at radius 1 is 1.18 bits per heavy atom. The van der Waals surface area contributed by atoms with Crippen LogP contribution in [-0.4, -0.2) is 37.7 Å². The lowest BCUT2D eigenvalue weighted by atomic mass is 10.0. The van der Waals surface area contributed by atoms with Gasteiger partial charge in [-0.15, -0.1) is 0 Å². The summed E-state index contributed by atoms with van der Waals surface area (Å²) >= 11 is 3.46. The Kier molecular flexibility index (Phi) is 4.95. The van der Waals surface area contributed by atoms with E-state index < -0.39 is 12.0 Å². The van der Waals surface area contributed by atoms with E-state index in [-0.39, 0.29) is 18.7 Å². The Morgan fingerprint density at radius 2 is 2.00 bits per heavy atom. The van der Waals surface area contributed by atoms with E-state index in [9.17, 15) is 9.59 Å². The number of nitrogens with one attached hydrogen (secondary N) is 1. The summed E-state index contributed by atoms with van der Waals surface area (Å²) in [5.74, 6) is -0.708. The molecule has 1 atom stereocenters. The molecular formula is C20H17BrN4O3. The predicted molar refractivity (Wildman–Crippen MR) is 108 cm³/mol. The van der Waals surface area contributed by atoms with E-state index in [2.05, 4.69) is 31.0 Å². The minimum atomic E-state index is -1.01. The predicted octanol–water partition coefficient (Wildman–Crippen LogP) is 3.87. The summed E-state index contributed by atoms with van der Waals surface area (Å²) in [6, 6.07) is 15.0. The number of aromatic nitrogens is 2. The molecule has 0 radical (unpaired) electrons. The molecule has 3 aromatic rings. The van der Waals surface area contributed by atoms with E-state index >= 15 is 0 Å². The topological polar surface area (TPSA) is 98.7 Å². The highest BCUT2D eigenvalue weighted by molar-refractivity contribution is 9.10.